The minimum Gasteiger partial charge on any atom is -0.478 e. The highest BCUT2D eigenvalue weighted by atomic mass is 16.4. The number of carboxylic acids is 1. The molecule has 0 atom stereocenters. The van der Waals surface area contributed by atoms with Crippen molar-refractivity contribution in [2.24, 2.45) is 0 Å². The number of carbonyl (C=O) groups is 1. The number of hydrogen-bond donors (Lipinski definition) is 1. The predicted octanol–water partition coefficient (Wildman–Crippen LogP) is 3.56. The van der Waals surface area contributed by atoms with Gasteiger partial charge < -0.3 is 10.0 Å². The number of hydrogen-bond acceptors (Lipinski definition) is 3. The number of rotatable bonds is 4. The van der Waals surface area contributed by atoms with Crippen LogP contribution in [0, 0.1) is 13.8 Å². The molecule has 0 saturated heterocycles. The molecule has 0 radical (unpaired) electrons. The number of anilines is 2. The molecular weight excluding hydrogens is 264 g/mol. The maximum absolute atomic E-state index is 10.5. The molecule has 0 unspecified atom stereocenters. The highest BCUT2D eigenvalue weighted by molar-refractivity contribution is 5.85. The molecule has 0 saturated carbocycles. The van der Waals surface area contributed by atoms with Crippen LogP contribution in [-0.4, -0.2) is 23.1 Å². The van der Waals surface area contributed by atoms with Crippen molar-refractivity contribution in [1.29, 1.82) is 0 Å². The first-order valence-electron chi connectivity index (χ1n) is 6.65. The molecule has 0 spiro atoms. The van der Waals surface area contributed by atoms with E-state index in [-0.39, 0.29) is 0 Å². The highest BCUT2D eigenvalue weighted by Gasteiger charge is 2.07. The van der Waals surface area contributed by atoms with Crippen molar-refractivity contribution in [2.75, 3.05) is 11.9 Å². The minimum atomic E-state index is -0.966. The summed E-state index contributed by atoms with van der Waals surface area (Å²) in [6.07, 6.45) is 4.29. The van der Waals surface area contributed by atoms with Crippen LogP contribution in [-0.2, 0) is 4.79 Å². The Bertz CT molecular complexity index is 676. The fourth-order valence-corrected chi connectivity index (χ4v) is 2.17. The third-order valence-corrected chi connectivity index (χ3v) is 3.25. The van der Waals surface area contributed by atoms with E-state index >= 15 is 0 Å². The normalized spacial score (nSPS) is 10.8. The van der Waals surface area contributed by atoms with E-state index in [2.05, 4.69) is 37.0 Å². The second-order valence-corrected chi connectivity index (χ2v) is 4.97. The molecule has 21 heavy (non-hydrogen) atoms. The summed E-state index contributed by atoms with van der Waals surface area (Å²) in [5, 5.41) is 8.60. The first-order chi connectivity index (χ1) is 9.97. The Balaban J connectivity index is 2.23. The van der Waals surface area contributed by atoms with Crippen LogP contribution in [0.1, 0.15) is 16.7 Å². The van der Waals surface area contributed by atoms with Gasteiger partial charge in [0.2, 0.25) is 0 Å². The van der Waals surface area contributed by atoms with E-state index < -0.39 is 5.97 Å². The van der Waals surface area contributed by atoms with Gasteiger partial charge in [0.05, 0.1) is 0 Å². The van der Waals surface area contributed by atoms with Crippen LogP contribution in [0.25, 0.3) is 6.08 Å². The smallest absolute Gasteiger partial charge is 0.328 e. The van der Waals surface area contributed by atoms with Crippen LogP contribution in [0.3, 0.4) is 0 Å². The average Bonchev–Trinajstić information content (AvgIpc) is 2.45. The van der Waals surface area contributed by atoms with Gasteiger partial charge >= 0.3 is 5.97 Å². The second-order valence-electron chi connectivity index (χ2n) is 4.97. The van der Waals surface area contributed by atoms with Crippen LogP contribution in [0.15, 0.2) is 42.6 Å². The number of carboxylic acid groups (broad SMARTS) is 1. The molecule has 4 heteroatoms. The lowest BCUT2D eigenvalue weighted by Crippen LogP contribution is -2.12. The average molecular weight is 282 g/mol. The number of aliphatic carboxylic acids is 1. The van der Waals surface area contributed by atoms with Crippen molar-refractivity contribution in [3.8, 4) is 0 Å². The second kappa shape index (κ2) is 6.22. The van der Waals surface area contributed by atoms with Crippen LogP contribution in [0.5, 0.6) is 0 Å². The summed E-state index contributed by atoms with van der Waals surface area (Å²) < 4.78 is 0. The molecule has 1 aromatic heterocycles. The maximum Gasteiger partial charge on any atom is 0.328 e. The van der Waals surface area contributed by atoms with E-state index in [0.29, 0.717) is 0 Å². The SMILES string of the molecule is Cc1ccc(N(C)c2ccc(/C=C/C(=O)O)cn2)c(C)c1. The van der Waals surface area contributed by atoms with E-state index in [9.17, 15) is 4.79 Å². The van der Waals surface area contributed by atoms with Gasteiger partial charge in [0.25, 0.3) is 0 Å². The molecule has 0 fully saturated rings. The zero-order valence-electron chi connectivity index (χ0n) is 12.4. The minimum absolute atomic E-state index is 0.759. The van der Waals surface area contributed by atoms with Gasteiger partial charge in [-0.15, -0.1) is 0 Å². The predicted molar refractivity (Wildman–Crippen MR) is 84.9 cm³/mol. The van der Waals surface area contributed by atoms with E-state index in [1.54, 1.807) is 6.20 Å². The van der Waals surface area contributed by atoms with E-state index in [1.807, 2.05) is 24.1 Å². The number of benzene rings is 1. The lowest BCUT2D eigenvalue weighted by molar-refractivity contribution is -0.131. The van der Waals surface area contributed by atoms with Crippen molar-refractivity contribution >= 4 is 23.6 Å². The zero-order chi connectivity index (χ0) is 15.4. The summed E-state index contributed by atoms with van der Waals surface area (Å²) >= 11 is 0. The lowest BCUT2D eigenvalue weighted by Gasteiger charge is -2.20. The zero-order valence-corrected chi connectivity index (χ0v) is 12.4. The van der Waals surface area contributed by atoms with Crippen molar-refractivity contribution in [3.05, 3.63) is 59.3 Å². The Morgan fingerprint density at radius 3 is 2.57 bits per heavy atom. The molecular formula is C17H18N2O2. The summed E-state index contributed by atoms with van der Waals surface area (Å²) in [5.74, 6) is -0.152. The van der Waals surface area contributed by atoms with E-state index in [1.165, 1.54) is 17.2 Å². The maximum atomic E-state index is 10.5. The summed E-state index contributed by atoms with van der Waals surface area (Å²) in [5.41, 5.74) is 4.28. The van der Waals surface area contributed by atoms with Gasteiger partial charge in [0, 0.05) is 25.0 Å². The molecule has 4 nitrogen and oxygen atoms in total. The molecule has 0 aliphatic carbocycles. The van der Waals surface area contributed by atoms with Crippen LogP contribution in [0.4, 0.5) is 11.5 Å². The van der Waals surface area contributed by atoms with Crippen molar-refractivity contribution in [2.45, 2.75) is 13.8 Å². The molecule has 1 aromatic carbocycles. The summed E-state index contributed by atoms with van der Waals surface area (Å²) in [6, 6.07) is 10.0. The number of nitrogens with zero attached hydrogens (tertiary/aromatic N) is 2. The molecule has 0 bridgehead atoms. The van der Waals surface area contributed by atoms with Gasteiger partial charge in [0.1, 0.15) is 5.82 Å². The van der Waals surface area contributed by atoms with Gasteiger partial charge in [-0.3, -0.25) is 0 Å². The topological polar surface area (TPSA) is 53.4 Å². The first kappa shape index (κ1) is 14.8. The highest BCUT2D eigenvalue weighted by Crippen LogP contribution is 2.26. The molecule has 1 heterocycles. The molecule has 0 aliphatic heterocycles. The Morgan fingerprint density at radius 1 is 1.24 bits per heavy atom. The molecule has 2 aromatic rings. The van der Waals surface area contributed by atoms with Crippen molar-refractivity contribution in [3.63, 3.8) is 0 Å². The Labute approximate surface area is 124 Å². The van der Waals surface area contributed by atoms with E-state index in [4.69, 9.17) is 5.11 Å². The Hall–Kier alpha value is -2.62. The number of aromatic nitrogens is 1. The first-order valence-corrected chi connectivity index (χ1v) is 6.65. The third-order valence-electron chi connectivity index (χ3n) is 3.25. The van der Waals surface area contributed by atoms with Crippen molar-refractivity contribution < 1.29 is 9.90 Å². The standard InChI is InChI=1S/C17H18N2O2/c1-12-4-7-15(13(2)10-12)19(3)16-8-5-14(11-18-16)6-9-17(20)21/h4-11H,1-3H3,(H,20,21)/b9-6+. The fraction of sp³-hybridized carbons (Fsp3) is 0.176. The number of aryl methyl sites for hydroxylation is 2. The lowest BCUT2D eigenvalue weighted by atomic mass is 10.1. The van der Waals surface area contributed by atoms with Gasteiger partial charge in [-0.2, -0.15) is 0 Å². The monoisotopic (exact) mass is 282 g/mol. The van der Waals surface area contributed by atoms with Crippen molar-refractivity contribution in [1.82, 2.24) is 4.98 Å². The van der Waals surface area contributed by atoms with Crippen LogP contribution < -0.4 is 4.90 Å². The van der Waals surface area contributed by atoms with Gasteiger partial charge in [-0.05, 0) is 49.2 Å². The molecule has 0 amide bonds. The summed E-state index contributed by atoms with van der Waals surface area (Å²) in [6.45, 7) is 4.14. The summed E-state index contributed by atoms with van der Waals surface area (Å²) in [7, 11) is 1.97. The molecule has 2 rings (SSSR count). The largest absolute Gasteiger partial charge is 0.478 e. The van der Waals surface area contributed by atoms with E-state index in [0.717, 1.165) is 23.1 Å². The van der Waals surface area contributed by atoms with Gasteiger partial charge in [-0.1, -0.05) is 17.7 Å². The fourth-order valence-electron chi connectivity index (χ4n) is 2.17. The Kier molecular flexibility index (Phi) is 4.38. The number of pyridine rings is 1. The molecule has 0 aliphatic rings. The summed E-state index contributed by atoms with van der Waals surface area (Å²) in [4.78, 5) is 16.9. The van der Waals surface area contributed by atoms with Gasteiger partial charge in [-0.25, -0.2) is 9.78 Å². The Morgan fingerprint density at radius 2 is 2.00 bits per heavy atom. The van der Waals surface area contributed by atoms with Crippen LogP contribution >= 0.6 is 0 Å². The third kappa shape index (κ3) is 3.69. The van der Waals surface area contributed by atoms with Gasteiger partial charge in [0.15, 0.2) is 0 Å². The molecule has 1 N–H and O–H groups in total. The van der Waals surface area contributed by atoms with Crippen LogP contribution in [0.2, 0.25) is 0 Å². The quantitative estimate of drug-likeness (QED) is 0.871. The molecule has 108 valence electrons.